The van der Waals surface area contributed by atoms with Crippen molar-refractivity contribution in [2.75, 3.05) is 0 Å². The van der Waals surface area contributed by atoms with Crippen LogP contribution in [0.1, 0.15) is 38.5 Å². The van der Waals surface area contributed by atoms with E-state index in [0.29, 0.717) is 12.0 Å². The molecule has 0 unspecified atom stereocenters. The molecule has 0 aromatic rings. The van der Waals surface area contributed by atoms with E-state index in [1.54, 1.807) is 0 Å². The van der Waals surface area contributed by atoms with Crippen molar-refractivity contribution in [2.45, 2.75) is 56.3 Å². The molecule has 0 N–H and O–H groups in total. The van der Waals surface area contributed by atoms with Crippen LogP contribution in [-0.4, -0.2) is 23.8 Å². The highest BCUT2D eigenvalue weighted by molar-refractivity contribution is 5.77. The van der Waals surface area contributed by atoms with Gasteiger partial charge in [-0.1, -0.05) is 0 Å². The molecule has 0 amide bonds. The van der Waals surface area contributed by atoms with Crippen LogP contribution in [0.2, 0.25) is 0 Å². The summed E-state index contributed by atoms with van der Waals surface area (Å²) in [6, 6.07) is 0. The molecule has 3 saturated heterocycles. The van der Waals surface area contributed by atoms with Gasteiger partial charge in [0.2, 0.25) is 0 Å². The zero-order chi connectivity index (χ0) is 10.0. The van der Waals surface area contributed by atoms with E-state index in [1.807, 2.05) is 0 Å². The molecule has 2 bridgehead atoms. The van der Waals surface area contributed by atoms with Gasteiger partial charge in [0.1, 0.15) is 5.60 Å². The number of ether oxygens (including phenoxy) is 2. The highest BCUT2D eigenvalue weighted by Gasteiger charge is 2.67. The minimum absolute atomic E-state index is 0.0362. The van der Waals surface area contributed by atoms with Crippen LogP contribution in [0.5, 0.6) is 0 Å². The molecule has 82 valence electrons. The third-order valence-corrected chi connectivity index (χ3v) is 4.91. The van der Waals surface area contributed by atoms with E-state index in [4.69, 9.17) is 9.47 Å². The van der Waals surface area contributed by atoms with Crippen LogP contribution >= 0.6 is 0 Å². The summed E-state index contributed by atoms with van der Waals surface area (Å²) in [5.74, 6) is 0.516. The molecule has 3 heteroatoms. The molecule has 4 aliphatic rings. The average molecular weight is 208 g/mol. The van der Waals surface area contributed by atoms with Crippen LogP contribution in [0.25, 0.3) is 0 Å². The van der Waals surface area contributed by atoms with Crippen LogP contribution < -0.4 is 0 Å². The molecular formula is C12H16O3. The molecule has 0 aromatic carbocycles. The lowest BCUT2D eigenvalue weighted by Gasteiger charge is -2.31. The van der Waals surface area contributed by atoms with Crippen LogP contribution in [0.15, 0.2) is 0 Å². The Morgan fingerprint density at radius 3 is 2.67 bits per heavy atom. The maximum atomic E-state index is 11.9. The Bertz CT molecular complexity index is 319. The predicted molar refractivity (Wildman–Crippen MR) is 52.2 cm³/mol. The van der Waals surface area contributed by atoms with E-state index in [2.05, 4.69) is 0 Å². The number of carbonyl (C=O) groups is 1. The summed E-state index contributed by atoms with van der Waals surface area (Å²) in [5, 5.41) is 0. The fourth-order valence-electron chi connectivity index (χ4n) is 4.39. The summed E-state index contributed by atoms with van der Waals surface area (Å²) in [5.41, 5.74) is -0.110. The second-order valence-electron chi connectivity index (χ2n) is 5.53. The number of hydrogen-bond donors (Lipinski definition) is 0. The van der Waals surface area contributed by atoms with Crippen molar-refractivity contribution in [3.63, 3.8) is 0 Å². The molecule has 4 rings (SSSR count). The number of hydrogen-bond acceptors (Lipinski definition) is 3. The molecule has 1 saturated carbocycles. The van der Waals surface area contributed by atoms with Crippen molar-refractivity contribution in [1.29, 1.82) is 0 Å². The molecule has 4 fully saturated rings. The standard InChI is InChI=1S/C12H16O3/c13-11-9-7-3-4-8(14-7)10(9)12(15-11)5-1-2-6-12/h7-10H,1-6H2/t7-,8+,9-,10+/m1/s1. The fourth-order valence-corrected chi connectivity index (χ4v) is 4.39. The Labute approximate surface area is 89.1 Å². The first-order valence-corrected chi connectivity index (χ1v) is 6.18. The Kier molecular flexibility index (Phi) is 1.47. The van der Waals surface area contributed by atoms with Crippen molar-refractivity contribution in [2.24, 2.45) is 11.8 Å². The summed E-state index contributed by atoms with van der Waals surface area (Å²) in [4.78, 5) is 11.9. The van der Waals surface area contributed by atoms with Crippen molar-refractivity contribution >= 4 is 5.97 Å². The number of rotatable bonds is 0. The molecule has 1 aliphatic carbocycles. The van der Waals surface area contributed by atoms with Crippen LogP contribution in [0, 0.1) is 11.8 Å². The highest BCUT2D eigenvalue weighted by Crippen LogP contribution is 2.58. The lowest BCUT2D eigenvalue weighted by Crippen LogP contribution is -2.39. The topological polar surface area (TPSA) is 35.5 Å². The van der Waals surface area contributed by atoms with E-state index in [9.17, 15) is 4.79 Å². The lowest BCUT2D eigenvalue weighted by atomic mass is 9.71. The van der Waals surface area contributed by atoms with Crippen molar-refractivity contribution in [1.82, 2.24) is 0 Å². The van der Waals surface area contributed by atoms with Gasteiger partial charge in [0.15, 0.2) is 0 Å². The second kappa shape index (κ2) is 2.57. The van der Waals surface area contributed by atoms with Gasteiger partial charge < -0.3 is 9.47 Å². The van der Waals surface area contributed by atoms with Crippen LogP contribution in [0.3, 0.4) is 0 Å². The van der Waals surface area contributed by atoms with E-state index >= 15 is 0 Å². The SMILES string of the molecule is O=C1OC2(CCCC2)[C@@H]2[C@H]1[C@H]1CC[C@@H]2O1. The largest absolute Gasteiger partial charge is 0.458 e. The predicted octanol–water partition coefficient (Wildman–Crippen LogP) is 1.65. The van der Waals surface area contributed by atoms with Gasteiger partial charge in [0.25, 0.3) is 0 Å². The highest BCUT2D eigenvalue weighted by atomic mass is 16.6. The average Bonchev–Trinajstić information content (AvgIpc) is 2.93. The molecule has 4 atom stereocenters. The minimum Gasteiger partial charge on any atom is -0.458 e. The minimum atomic E-state index is -0.110. The number of esters is 1. The molecule has 3 heterocycles. The normalized spacial score (nSPS) is 50.0. The first-order chi connectivity index (χ1) is 7.30. The molecular weight excluding hydrogens is 192 g/mol. The van der Waals surface area contributed by atoms with E-state index in [0.717, 1.165) is 25.7 Å². The van der Waals surface area contributed by atoms with Gasteiger partial charge in [-0.15, -0.1) is 0 Å². The zero-order valence-corrected chi connectivity index (χ0v) is 8.78. The monoisotopic (exact) mass is 208 g/mol. The van der Waals surface area contributed by atoms with E-state index in [-0.39, 0.29) is 23.6 Å². The third-order valence-electron chi connectivity index (χ3n) is 4.91. The van der Waals surface area contributed by atoms with Crippen molar-refractivity contribution in [3.8, 4) is 0 Å². The van der Waals surface area contributed by atoms with Gasteiger partial charge in [-0.25, -0.2) is 0 Å². The summed E-state index contributed by atoms with van der Waals surface area (Å²) >= 11 is 0. The van der Waals surface area contributed by atoms with Crippen LogP contribution in [-0.2, 0) is 14.3 Å². The lowest BCUT2D eigenvalue weighted by molar-refractivity contribution is -0.155. The zero-order valence-electron chi connectivity index (χ0n) is 8.78. The summed E-state index contributed by atoms with van der Waals surface area (Å²) < 4.78 is 11.6. The van der Waals surface area contributed by atoms with Gasteiger partial charge in [0.05, 0.1) is 18.1 Å². The summed E-state index contributed by atoms with van der Waals surface area (Å²) in [7, 11) is 0. The van der Waals surface area contributed by atoms with Crippen molar-refractivity contribution < 1.29 is 14.3 Å². The molecule has 0 radical (unpaired) electrons. The summed E-state index contributed by atoms with van der Waals surface area (Å²) in [6.07, 6.45) is 7.30. The molecule has 1 spiro atoms. The van der Waals surface area contributed by atoms with Gasteiger partial charge in [-0.3, -0.25) is 4.79 Å². The first kappa shape index (κ1) is 8.57. The second-order valence-corrected chi connectivity index (χ2v) is 5.53. The molecule has 3 aliphatic heterocycles. The maximum absolute atomic E-state index is 11.9. The van der Waals surface area contributed by atoms with Gasteiger partial charge in [-0.05, 0) is 38.5 Å². The maximum Gasteiger partial charge on any atom is 0.312 e. The van der Waals surface area contributed by atoms with E-state index in [1.165, 1.54) is 12.8 Å². The Morgan fingerprint density at radius 1 is 1.13 bits per heavy atom. The van der Waals surface area contributed by atoms with E-state index < -0.39 is 0 Å². The van der Waals surface area contributed by atoms with Crippen LogP contribution in [0.4, 0.5) is 0 Å². The van der Waals surface area contributed by atoms with Gasteiger partial charge in [-0.2, -0.15) is 0 Å². The molecule has 3 nitrogen and oxygen atoms in total. The molecule has 0 aromatic heterocycles. The Morgan fingerprint density at radius 2 is 1.87 bits per heavy atom. The van der Waals surface area contributed by atoms with Gasteiger partial charge >= 0.3 is 5.97 Å². The fraction of sp³-hybridized carbons (Fsp3) is 0.917. The third kappa shape index (κ3) is 0.889. The quantitative estimate of drug-likeness (QED) is 0.568. The molecule has 15 heavy (non-hydrogen) atoms. The Balaban J connectivity index is 1.77. The number of carbonyl (C=O) groups excluding carboxylic acids is 1. The van der Waals surface area contributed by atoms with Crippen molar-refractivity contribution in [3.05, 3.63) is 0 Å². The first-order valence-electron chi connectivity index (χ1n) is 6.18. The summed E-state index contributed by atoms with van der Waals surface area (Å²) in [6.45, 7) is 0. The Hall–Kier alpha value is -0.570. The number of fused-ring (bicyclic) bond motifs is 6. The van der Waals surface area contributed by atoms with Gasteiger partial charge in [0, 0.05) is 5.92 Å². The smallest absolute Gasteiger partial charge is 0.312 e.